The van der Waals surface area contributed by atoms with Crippen molar-refractivity contribution in [1.29, 1.82) is 0 Å². The van der Waals surface area contributed by atoms with E-state index in [4.69, 9.17) is 0 Å². The van der Waals surface area contributed by atoms with Gasteiger partial charge < -0.3 is 10.2 Å². The molecule has 1 N–H and O–H groups in total. The molecule has 4 nitrogen and oxygen atoms in total. The SMILES string of the molecule is O=C(c1ccc(F)cn1)N(CC1CC1)CC1CCCN1. The number of aromatic nitrogens is 1. The van der Waals surface area contributed by atoms with Gasteiger partial charge in [0.2, 0.25) is 0 Å². The van der Waals surface area contributed by atoms with E-state index in [9.17, 15) is 9.18 Å². The Morgan fingerprint density at radius 3 is 2.80 bits per heavy atom. The third kappa shape index (κ3) is 3.33. The van der Waals surface area contributed by atoms with Crippen molar-refractivity contribution in [2.45, 2.75) is 31.7 Å². The van der Waals surface area contributed by atoms with Gasteiger partial charge in [-0.05, 0) is 50.3 Å². The number of nitrogens with zero attached hydrogens (tertiary/aromatic N) is 2. The molecule has 2 fully saturated rings. The van der Waals surface area contributed by atoms with Crippen molar-refractivity contribution in [3.05, 3.63) is 29.8 Å². The van der Waals surface area contributed by atoms with Crippen LogP contribution in [0.2, 0.25) is 0 Å². The first-order chi connectivity index (χ1) is 9.72. The standard InChI is InChI=1S/C15H20FN3O/c16-12-5-6-14(18-8-12)15(20)19(9-11-3-4-11)10-13-2-1-7-17-13/h5-6,8,11,13,17H,1-4,7,9-10H2. The van der Waals surface area contributed by atoms with Gasteiger partial charge in [-0.15, -0.1) is 0 Å². The van der Waals surface area contributed by atoms with Crippen molar-refractivity contribution < 1.29 is 9.18 Å². The summed E-state index contributed by atoms with van der Waals surface area (Å²) in [5.74, 6) is 0.152. The lowest BCUT2D eigenvalue weighted by Crippen LogP contribution is -2.42. The maximum absolute atomic E-state index is 12.9. The number of carbonyl (C=O) groups is 1. The van der Waals surface area contributed by atoms with Crippen molar-refractivity contribution in [1.82, 2.24) is 15.2 Å². The van der Waals surface area contributed by atoms with E-state index in [1.807, 2.05) is 4.90 Å². The first-order valence-corrected chi connectivity index (χ1v) is 7.36. The summed E-state index contributed by atoms with van der Waals surface area (Å²) >= 11 is 0. The number of pyridine rings is 1. The van der Waals surface area contributed by atoms with Gasteiger partial charge in [-0.2, -0.15) is 0 Å². The van der Waals surface area contributed by atoms with Crippen LogP contribution in [0, 0.1) is 11.7 Å². The van der Waals surface area contributed by atoms with E-state index in [0.29, 0.717) is 17.7 Å². The summed E-state index contributed by atoms with van der Waals surface area (Å²) in [7, 11) is 0. The molecule has 0 radical (unpaired) electrons. The molecule has 1 saturated heterocycles. The van der Waals surface area contributed by atoms with Gasteiger partial charge >= 0.3 is 0 Å². The van der Waals surface area contributed by atoms with Gasteiger partial charge in [-0.25, -0.2) is 9.37 Å². The van der Waals surface area contributed by atoms with Crippen LogP contribution >= 0.6 is 0 Å². The average molecular weight is 277 g/mol. The highest BCUT2D eigenvalue weighted by molar-refractivity contribution is 5.92. The van der Waals surface area contributed by atoms with Gasteiger partial charge in [-0.1, -0.05) is 0 Å². The molecule has 0 aromatic carbocycles. The number of rotatable bonds is 5. The van der Waals surface area contributed by atoms with E-state index in [0.717, 1.165) is 32.3 Å². The summed E-state index contributed by atoms with van der Waals surface area (Å²) < 4.78 is 12.9. The Labute approximate surface area is 118 Å². The van der Waals surface area contributed by atoms with Crippen molar-refractivity contribution >= 4 is 5.91 Å². The van der Waals surface area contributed by atoms with E-state index in [1.165, 1.54) is 31.4 Å². The molecule has 5 heteroatoms. The lowest BCUT2D eigenvalue weighted by molar-refractivity contribution is 0.0727. The normalized spacial score (nSPS) is 21.9. The van der Waals surface area contributed by atoms with Crippen LogP contribution < -0.4 is 5.32 Å². The third-order valence-corrected chi connectivity index (χ3v) is 4.01. The lowest BCUT2D eigenvalue weighted by Gasteiger charge is -2.25. The number of carbonyl (C=O) groups excluding carboxylic acids is 1. The van der Waals surface area contributed by atoms with Crippen LogP contribution in [0.15, 0.2) is 18.3 Å². The predicted octanol–water partition coefficient (Wildman–Crippen LogP) is 1.82. The fourth-order valence-corrected chi connectivity index (χ4v) is 2.70. The fourth-order valence-electron chi connectivity index (χ4n) is 2.70. The largest absolute Gasteiger partial charge is 0.335 e. The van der Waals surface area contributed by atoms with Crippen molar-refractivity contribution in [3.63, 3.8) is 0 Å². The minimum atomic E-state index is -0.409. The minimum Gasteiger partial charge on any atom is -0.335 e. The molecule has 1 aliphatic carbocycles. The molecule has 1 aliphatic heterocycles. The summed E-state index contributed by atoms with van der Waals surface area (Å²) in [6.07, 6.45) is 5.81. The molecule has 3 rings (SSSR count). The molecular weight excluding hydrogens is 257 g/mol. The Morgan fingerprint density at radius 2 is 2.20 bits per heavy atom. The van der Waals surface area contributed by atoms with E-state index in [-0.39, 0.29) is 5.91 Å². The second-order valence-corrected chi connectivity index (χ2v) is 5.81. The lowest BCUT2D eigenvalue weighted by atomic mass is 10.2. The molecule has 1 aromatic rings. The van der Waals surface area contributed by atoms with Crippen LogP contribution in [0.1, 0.15) is 36.2 Å². The number of hydrogen-bond acceptors (Lipinski definition) is 3. The van der Waals surface area contributed by atoms with Crippen LogP contribution in [0.4, 0.5) is 4.39 Å². The summed E-state index contributed by atoms with van der Waals surface area (Å²) in [6, 6.07) is 3.15. The number of amides is 1. The Balaban J connectivity index is 1.69. The second kappa shape index (κ2) is 5.87. The molecule has 2 aliphatic rings. The average Bonchev–Trinajstić information content (AvgIpc) is 3.12. The Bertz CT molecular complexity index is 467. The summed E-state index contributed by atoms with van der Waals surface area (Å²) in [4.78, 5) is 18.3. The zero-order chi connectivity index (χ0) is 13.9. The van der Waals surface area contributed by atoms with E-state index in [1.54, 1.807) is 0 Å². The zero-order valence-corrected chi connectivity index (χ0v) is 11.5. The minimum absolute atomic E-state index is 0.0781. The van der Waals surface area contributed by atoms with Crippen LogP contribution in [-0.2, 0) is 0 Å². The highest BCUT2D eigenvalue weighted by Gasteiger charge is 2.29. The van der Waals surface area contributed by atoms with Gasteiger partial charge in [0.05, 0.1) is 6.20 Å². The molecule has 1 aromatic heterocycles. The molecule has 0 spiro atoms. The molecular formula is C15H20FN3O. The quantitative estimate of drug-likeness (QED) is 0.893. The van der Waals surface area contributed by atoms with Crippen LogP contribution in [-0.4, -0.2) is 41.5 Å². The van der Waals surface area contributed by atoms with Gasteiger partial charge in [0, 0.05) is 19.1 Å². The monoisotopic (exact) mass is 277 g/mol. The summed E-state index contributed by atoms with van der Waals surface area (Å²) in [6.45, 7) is 2.56. The van der Waals surface area contributed by atoms with Gasteiger partial charge in [0.15, 0.2) is 0 Å². The van der Waals surface area contributed by atoms with E-state index >= 15 is 0 Å². The maximum Gasteiger partial charge on any atom is 0.272 e. The Morgan fingerprint density at radius 1 is 1.35 bits per heavy atom. The molecule has 20 heavy (non-hydrogen) atoms. The molecule has 1 atom stereocenters. The van der Waals surface area contributed by atoms with Gasteiger partial charge in [-0.3, -0.25) is 4.79 Å². The van der Waals surface area contributed by atoms with E-state index < -0.39 is 5.82 Å². The highest BCUT2D eigenvalue weighted by atomic mass is 19.1. The molecule has 108 valence electrons. The molecule has 1 saturated carbocycles. The second-order valence-electron chi connectivity index (χ2n) is 5.81. The zero-order valence-electron chi connectivity index (χ0n) is 11.5. The fraction of sp³-hybridized carbons (Fsp3) is 0.600. The number of nitrogens with one attached hydrogen (secondary N) is 1. The first-order valence-electron chi connectivity index (χ1n) is 7.36. The Kier molecular flexibility index (Phi) is 3.96. The topological polar surface area (TPSA) is 45.2 Å². The molecule has 0 bridgehead atoms. The molecule has 2 heterocycles. The Hall–Kier alpha value is -1.49. The van der Waals surface area contributed by atoms with Gasteiger partial charge in [0.25, 0.3) is 5.91 Å². The van der Waals surface area contributed by atoms with E-state index in [2.05, 4.69) is 10.3 Å². The van der Waals surface area contributed by atoms with Crippen molar-refractivity contribution in [3.8, 4) is 0 Å². The van der Waals surface area contributed by atoms with Crippen LogP contribution in [0.25, 0.3) is 0 Å². The summed E-state index contributed by atoms with van der Waals surface area (Å²) in [5, 5.41) is 3.42. The predicted molar refractivity (Wildman–Crippen MR) is 73.8 cm³/mol. The number of halogens is 1. The third-order valence-electron chi connectivity index (χ3n) is 4.01. The first kappa shape index (κ1) is 13.5. The number of hydrogen-bond donors (Lipinski definition) is 1. The summed E-state index contributed by atoms with van der Waals surface area (Å²) in [5.41, 5.74) is 0.338. The highest BCUT2D eigenvalue weighted by Crippen LogP contribution is 2.30. The molecule has 1 amide bonds. The smallest absolute Gasteiger partial charge is 0.272 e. The van der Waals surface area contributed by atoms with Crippen LogP contribution in [0.3, 0.4) is 0 Å². The van der Waals surface area contributed by atoms with Crippen LogP contribution in [0.5, 0.6) is 0 Å². The van der Waals surface area contributed by atoms with Crippen molar-refractivity contribution in [2.75, 3.05) is 19.6 Å². The van der Waals surface area contributed by atoms with Gasteiger partial charge in [0.1, 0.15) is 11.5 Å². The maximum atomic E-state index is 12.9. The molecule has 1 unspecified atom stereocenters. The van der Waals surface area contributed by atoms with Crippen molar-refractivity contribution in [2.24, 2.45) is 5.92 Å².